The largest absolute Gasteiger partial charge is 0.324 e. The molecule has 2 aromatic carbocycles. The fourth-order valence-electron chi connectivity index (χ4n) is 3.75. The highest BCUT2D eigenvalue weighted by atomic mass is 16.2. The van der Waals surface area contributed by atoms with E-state index in [2.05, 4.69) is 15.5 Å². The van der Waals surface area contributed by atoms with Crippen molar-refractivity contribution in [3.63, 3.8) is 0 Å². The van der Waals surface area contributed by atoms with Crippen molar-refractivity contribution >= 4 is 23.2 Å². The van der Waals surface area contributed by atoms with Crippen molar-refractivity contribution in [3.05, 3.63) is 60.2 Å². The number of anilines is 2. The standard InChI is InChI=1S/C23H29N3O2/c1-26(19-13-7-2-3-8-14-19)17-22(27)25-21-16-10-9-15-20(21)23(28)24-18-11-5-4-6-12-18/h4-6,9-12,15-16,19H,2-3,7-8,13-14,17H2,1H3,(H,24,28)(H,25,27). The molecule has 1 aliphatic rings. The summed E-state index contributed by atoms with van der Waals surface area (Å²) in [6.07, 6.45) is 7.36. The predicted octanol–water partition coefficient (Wildman–Crippen LogP) is 4.53. The van der Waals surface area contributed by atoms with Crippen LogP contribution in [0.2, 0.25) is 0 Å². The molecule has 3 rings (SSSR count). The maximum atomic E-state index is 12.7. The number of likely N-dealkylation sites (N-methyl/N-ethyl adjacent to an activating group) is 1. The van der Waals surface area contributed by atoms with Crippen molar-refractivity contribution in [2.45, 2.75) is 44.6 Å². The molecule has 2 N–H and O–H groups in total. The number of amides is 2. The number of benzene rings is 2. The SMILES string of the molecule is CN(CC(=O)Nc1ccccc1C(=O)Nc1ccccc1)C1CCCCCC1. The van der Waals surface area contributed by atoms with Gasteiger partial charge in [-0.25, -0.2) is 0 Å². The van der Waals surface area contributed by atoms with Gasteiger partial charge in [-0.3, -0.25) is 14.5 Å². The van der Waals surface area contributed by atoms with E-state index in [4.69, 9.17) is 0 Å². The third-order valence-corrected chi connectivity index (χ3v) is 5.32. The normalized spacial score (nSPS) is 15.1. The summed E-state index contributed by atoms with van der Waals surface area (Å²) in [5, 5.41) is 5.79. The van der Waals surface area contributed by atoms with E-state index in [1.165, 1.54) is 25.7 Å². The number of hydrogen-bond acceptors (Lipinski definition) is 3. The van der Waals surface area contributed by atoms with E-state index < -0.39 is 0 Å². The van der Waals surface area contributed by atoms with Crippen molar-refractivity contribution in [1.29, 1.82) is 0 Å². The minimum absolute atomic E-state index is 0.0910. The minimum Gasteiger partial charge on any atom is -0.324 e. The van der Waals surface area contributed by atoms with Gasteiger partial charge < -0.3 is 10.6 Å². The molecule has 0 aromatic heterocycles. The Bertz CT molecular complexity index is 783. The number of para-hydroxylation sites is 2. The van der Waals surface area contributed by atoms with E-state index in [0.29, 0.717) is 23.8 Å². The van der Waals surface area contributed by atoms with Gasteiger partial charge in [-0.15, -0.1) is 0 Å². The Morgan fingerprint density at radius 1 is 0.893 bits per heavy atom. The van der Waals surface area contributed by atoms with Gasteiger partial charge in [0.2, 0.25) is 5.91 Å². The van der Waals surface area contributed by atoms with Gasteiger partial charge in [-0.2, -0.15) is 0 Å². The number of nitrogens with one attached hydrogen (secondary N) is 2. The summed E-state index contributed by atoms with van der Waals surface area (Å²) >= 11 is 0. The van der Waals surface area contributed by atoms with Gasteiger partial charge in [0.05, 0.1) is 17.8 Å². The van der Waals surface area contributed by atoms with Gasteiger partial charge in [0.15, 0.2) is 0 Å². The summed E-state index contributed by atoms with van der Waals surface area (Å²) in [7, 11) is 2.02. The first-order chi connectivity index (χ1) is 13.6. The summed E-state index contributed by atoms with van der Waals surface area (Å²) in [6.45, 7) is 0.333. The van der Waals surface area contributed by atoms with E-state index in [-0.39, 0.29) is 11.8 Å². The third kappa shape index (κ3) is 5.67. The van der Waals surface area contributed by atoms with Gasteiger partial charge in [0.25, 0.3) is 5.91 Å². The molecular weight excluding hydrogens is 350 g/mol. The highest BCUT2D eigenvalue weighted by molar-refractivity contribution is 6.10. The van der Waals surface area contributed by atoms with Crippen LogP contribution in [0.4, 0.5) is 11.4 Å². The first-order valence-electron chi connectivity index (χ1n) is 10.1. The van der Waals surface area contributed by atoms with Crippen LogP contribution in [0.15, 0.2) is 54.6 Å². The van der Waals surface area contributed by atoms with Crippen LogP contribution in [0.25, 0.3) is 0 Å². The number of rotatable bonds is 6. The van der Waals surface area contributed by atoms with E-state index in [1.54, 1.807) is 18.2 Å². The lowest BCUT2D eigenvalue weighted by Gasteiger charge is -2.26. The van der Waals surface area contributed by atoms with Gasteiger partial charge in [-0.1, -0.05) is 56.0 Å². The van der Waals surface area contributed by atoms with Crippen molar-refractivity contribution in [1.82, 2.24) is 4.90 Å². The molecule has 1 aliphatic carbocycles. The topological polar surface area (TPSA) is 61.4 Å². The van der Waals surface area contributed by atoms with E-state index in [9.17, 15) is 9.59 Å². The van der Waals surface area contributed by atoms with Crippen LogP contribution < -0.4 is 10.6 Å². The Labute approximate surface area is 167 Å². The molecular formula is C23H29N3O2. The molecule has 5 heteroatoms. The Balaban J connectivity index is 1.62. The second kappa shape index (κ2) is 10.0. The lowest BCUT2D eigenvalue weighted by Crippen LogP contribution is -2.38. The number of hydrogen-bond donors (Lipinski definition) is 2. The Hall–Kier alpha value is -2.66. The summed E-state index contributed by atoms with van der Waals surface area (Å²) in [5.74, 6) is -0.328. The summed E-state index contributed by atoms with van der Waals surface area (Å²) in [6, 6.07) is 16.9. The smallest absolute Gasteiger partial charge is 0.257 e. The molecule has 0 radical (unpaired) electrons. The van der Waals surface area contributed by atoms with Crippen molar-refractivity contribution in [3.8, 4) is 0 Å². The molecule has 0 heterocycles. The summed E-state index contributed by atoms with van der Waals surface area (Å²) < 4.78 is 0. The summed E-state index contributed by atoms with van der Waals surface area (Å²) in [5.41, 5.74) is 1.72. The molecule has 0 atom stereocenters. The molecule has 0 bridgehead atoms. The van der Waals surface area contributed by atoms with E-state index >= 15 is 0 Å². The van der Waals surface area contributed by atoms with Crippen LogP contribution in [0.1, 0.15) is 48.9 Å². The minimum atomic E-state index is -0.237. The zero-order valence-electron chi connectivity index (χ0n) is 16.5. The van der Waals surface area contributed by atoms with Gasteiger partial charge in [-0.05, 0) is 44.2 Å². The first-order valence-corrected chi connectivity index (χ1v) is 10.1. The number of carbonyl (C=O) groups excluding carboxylic acids is 2. The maximum absolute atomic E-state index is 12.7. The molecule has 0 saturated heterocycles. The average Bonchev–Trinajstić information content (AvgIpc) is 2.98. The van der Waals surface area contributed by atoms with Crippen LogP contribution in [0.5, 0.6) is 0 Å². The molecule has 0 spiro atoms. The fraction of sp³-hybridized carbons (Fsp3) is 0.391. The number of carbonyl (C=O) groups is 2. The van der Waals surface area contributed by atoms with Crippen LogP contribution in [0, 0.1) is 0 Å². The van der Waals surface area contributed by atoms with Crippen LogP contribution in [-0.4, -0.2) is 36.3 Å². The molecule has 5 nitrogen and oxygen atoms in total. The molecule has 28 heavy (non-hydrogen) atoms. The highest BCUT2D eigenvalue weighted by Gasteiger charge is 2.20. The van der Waals surface area contributed by atoms with E-state index in [1.807, 2.05) is 43.4 Å². The number of nitrogens with zero attached hydrogens (tertiary/aromatic N) is 1. The van der Waals surface area contributed by atoms with Crippen molar-refractivity contribution in [2.24, 2.45) is 0 Å². The zero-order valence-corrected chi connectivity index (χ0v) is 16.5. The Morgan fingerprint density at radius 3 is 2.25 bits per heavy atom. The van der Waals surface area contributed by atoms with Crippen LogP contribution >= 0.6 is 0 Å². The summed E-state index contributed by atoms with van der Waals surface area (Å²) in [4.78, 5) is 27.4. The lowest BCUT2D eigenvalue weighted by molar-refractivity contribution is -0.117. The molecule has 2 amide bonds. The van der Waals surface area contributed by atoms with Crippen molar-refractivity contribution < 1.29 is 9.59 Å². The molecule has 1 fully saturated rings. The maximum Gasteiger partial charge on any atom is 0.257 e. The molecule has 148 valence electrons. The first kappa shape index (κ1) is 20.1. The second-order valence-corrected chi connectivity index (χ2v) is 7.47. The van der Waals surface area contributed by atoms with Gasteiger partial charge in [0, 0.05) is 11.7 Å². The monoisotopic (exact) mass is 379 g/mol. The Kier molecular flexibility index (Phi) is 7.20. The average molecular weight is 380 g/mol. The van der Waals surface area contributed by atoms with Crippen LogP contribution in [-0.2, 0) is 4.79 Å². The predicted molar refractivity (Wildman–Crippen MR) is 114 cm³/mol. The highest BCUT2D eigenvalue weighted by Crippen LogP contribution is 2.21. The zero-order chi connectivity index (χ0) is 19.8. The molecule has 0 unspecified atom stereocenters. The molecule has 2 aromatic rings. The molecule has 1 saturated carbocycles. The van der Waals surface area contributed by atoms with Crippen LogP contribution in [0.3, 0.4) is 0 Å². The molecule has 0 aliphatic heterocycles. The second-order valence-electron chi connectivity index (χ2n) is 7.47. The third-order valence-electron chi connectivity index (χ3n) is 5.32. The van der Waals surface area contributed by atoms with Crippen molar-refractivity contribution in [2.75, 3.05) is 24.2 Å². The quantitative estimate of drug-likeness (QED) is 0.725. The van der Waals surface area contributed by atoms with Gasteiger partial charge in [0.1, 0.15) is 0 Å². The fourth-order valence-corrected chi connectivity index (χ4v) is 3.75. The van der Waals surface area contributed by atoms with E-state index in [0.717, 1.165) is 18.5 Å². The lowest BCUT2D eigenvalue weighted by atomic mass is 10.1. The Morgan fingerprint density at radius 2 is 1.54 bits per heavy atom. The van der Waals surface area contributed by atoms with Gasteiger partial charge >= 0.3 is 0 Å².